The fourth-order valence-corrected chi connectivity index (χ4v) is 3.27. The van der Waals surface area contributed by atoms with E-state index >= 15 is 0 Å². The van der Waals surface area contributed by atoms with Crippen LogP contribution in [0.3, 0.4) is 0 Å². The Balaban J connectivity index is 1.97. The summed E-state index contributed by atoms with van der Waals surface area (Å²) in [7, 11) is 0. The number of ether oxygens (including phenoxy) is 1. The van der Waals surface area contributed by atoms with Crippen molar-refractivity contribution in [3.05, 3.63) is 22.4 Å². The number of aliphatic imine (C=N–C) groups is 1. The first-order chi connectivity index (χ1) is 10.9. The highest BCUT2D eigenvalue weighted by Crippen LogP contribution is 2.23. The summed E-state index contributed by atoms with van der Waals surface area (Å²) in [6.45, 7) is 9.55. The molecule has 6 heteroatoms. The summed E-state index contributed by atoms with van der Waals surface area (Å²) in [6.07, 6.45) is 1.87. The third-order valence-corrected chi connectivity index (χ3v) is 4.46. The average molecular weight is 337 g/mol. The van der Waals surface area contributed by atoms with Crippen LogP contribution in [0.5, 0.6) is 0 Å². The highest BCUT2D eigenvalue weighted by Gasteiger charge is 2.26. The molecule has 0 aromatic carbocycles. The van der Waals surface area contributed by atoms with Gasteiger partial charge in [-0.2, -0.15) is 0 Å². The highest BCUT2D eigenvalue weighted by atomic mass is 32.1. The van der Waals surface area contributed by atoms with Crippen molar-refractivity contribution in [3.63, 3.8) is 0 Å². The van der Waals surface area contributed by atoms with Crippen molar-refractivity contribution in [1.29, 1.82) is 0 Å². The van der Waals surface area contributed by atoms with Crippen molar-refractivity contribution in [3.8, 4) is 0 Å². The molecule has 1 aliphatic rings. The molecule has 2 rings (SSSR count). The van der Waals surface area contributed by atoms with E-state index in [2.05, 4.69) is 34.7 Å². The summed E-state index contributed by atoms with van der Waals surface area (Å²) < 4.78 is 5.46. The molecule has 0 saturated carbocycles. The van der Waals surface area contributed by atoms with E-state index in [4.69, 9.17) is 4.74 Å². The van der Waals surface area contributed by atoms with Gasteiger partial charge in [0.25, 0.3) is 0 Å². The zero-order valence-electron chi connectivity index (χ0n) is 14.5. The largest absolute Gasteiger partial charge is 0.444 e. The van der Waals surface area contributed by atoms with Crippen molar-refractivity contribution in [2.24, 2.45) is 4.99 Å². The van der Waals surface area contributed by atoms with Gasteiger partial charge in [-0.05, 0) is 38.6 Å². The lowest BCUT2D eigenvalue weighted by Gasteiger charge is -2.31. The van der Waals surface area contributed by atoms with Gasteiger partial charge >= 0.3 is 6.09 Å². The van der Waals surface area contributed by atoms with Gasteiger partial charge in [0.15, 0.2) is 0 Å². The first kappa shape index (κ1) is 17.8. The van der Waals surface area contributed by atoms with Gasteiger partial charge in [-0.25, -0.2) is 4.79 Å². The fourth-order valence-electron chi connectivity index (χ4n) is 2.45. The molecule has 0 spiro atoms. The lowest BCUT2D eigenvalue weighted by Crippen LogP contribution is -2.47. The Kier molecular flexibility index (Phi) is 6.04. The SMILES string of the molecule is CCCC(NC1=NCCN(C(=O)OC(C)(C)C)C1)c1cccs1. The van der Waals surface area contributed by atoms with E-state index < -0.39 is 5.60 Å². The zero-order valence-corrected chi connectivity index (χ0v) is 15.3. The summed E-state index contributed by atoms with van der Waals surface area (Å²) in [4.78, 5) is 19.8. The van der Waals surface area contributed by atoms with Crippen molar-refractivity contribution in [1.82, 2.24) is 10.2 Å². The Morgan fingerprint density at radius 2 is 2.30 bits per heavy atom. The molecule has 0 bridgehead atoms. The summed E-state index contributed by atoms with van der Waals surface area (Å²) in [5.74, 6) is 0.869. The third kappa shape index (κ3) is 5.53. The number of amides is 1. The van der Waals surface area contributed by atoms with Crippen LogP contribution < -0.4 is 5.32 Å². The van der Waals surface area contributed by atoms with Crippen LogP contribution in [0.2, 0.25) is 0 Å². The van der Waals surface area contributed by atoms with Crippen LogP contribution in [-0.4, -0.2) is 42.1 Å². The molecule has 1 aromatic heterocycles. The molecule has 1 N–H and O–H groups in total. The number of amidine groups is 1. The highest BCUT2D eigenvalue weighted by molar-refractivity contribution is 7.10. The van der Waals surface area contributed by atoms with Crippen LogP contribution in [0.4, 0.5) is 4.79 Å². The van der Waals surface area contributed by atoms with Crippen molar-refractivity contribution in [2.75, 3.05) is 19.6 Å². The maximum absolute atomic E-state index is 12.2. The van der Waals surface area contributed by atoms with E-state index in [0.29, 0.717) is 19.6 Å². The van der Waals surface area contributed by atoms with E-state index in [1.54, 1.807) is 16.2 Å². The molecule has 1 unspecified atom stereocenters. The van der Waals surface area contributed by atoms with Gasteiger partial charge in [0.2, 0.25) is 0 Å². The first-order valence-corrected chi connectivity index (χ1v) is 9.08. The maximum Gasteiger partial charge on any atom is 0.410 e. The van der Waals surface area contributed by atoms with Crippen LogP contribution in [0, 0.1) is 0 Å². The average Bonchev–Trinajstić information content (AvgIpc) is 2.99. The number of nitrogens with zero attached hydrogens (tertiary/aromatic N) is 2. The Morgan fingerprint density at radius 1 is 1.52 bits per heavy atom. The van der Waals surface area contributed by atoms with Gasteiger partial charge in [-0.3, -0.25) is 9.89 Å². The van der Waals surface area contributed by atoms with Crippen LogP contribution in [0.1, 0.15) is 51.5 Å². The second-order valence-electron chi connectivity index (χ2n) is 6.73. The van der Waals surface area contributed by atoms with Gasteiger partial charge in [0, 0.05) is 11.4 Å². The summed E-state index contributed by atoms with van der Waals surface area (Å²) in [5, 5.41) is 5.61. The molecule has 1 atom stereocenters. The van der Waals surface area contributed by atoms with Gasteiger partial charge in [0.1, 0.15) is 11.4 Å². The number of nitrogens with one attached hydrogen (secondary N) is 1. The number of thiophene rings is 1. The molecule has 1 aliphatic heterocycles. The molecule has 0 fully saturated rings. The normalized spacial score (nSPS) is 16.7. The lowest BCUT2D eigenvalue weighted by molar-refractivity contribution is 0.0276. The monoisotopic (exact) mass is 337 g/mol. The van der Waals surface area contributed by atoms with Gasteiger partial charge in [0.05, 0.1) is 19.1 Å². The third-order valence-electron chi connectivity index (χ3n) is 3.47. The molecule has 128 valence electrons. The summed E-state index contributed by atoms with van der Waals surface area (Å²) >= 11 is 1.75. The molecule has 0 radical (unpaired) electrons. The Morgan fingerprint density at radius 3 is 2.91 bits per heavy atom. The smallest absolute Gasteiger partial charge is 0.410 e. The molecule has 2 heterocycles. The second-order valence-corrected chi connectivity index (χ2v) is 7.71. The fraction of sp³-hybridized carbons (Fsp3) is 0.647. The first-order valence-electron chi connectivity index (χ1n) is 8.20. The van der Waals surface area contributed by atoms with E-state index in [-0.39, 0.29) is 12.1 Å². The maximum atomic E-state index is 12.2. The minimum absolute atomic E-state index is 0.261. The molecule has 1 aromatic rings. The van der Waals surface area contributed by atoms with Gasteiger partial charge < -0.3 is 10.1 Å². The molecule has 23 heavy (non-hydrogen) atoms. The number of hydrogen-bond acceptors (Lipinski definition) is 5. The minimum Gasteiger partial charge on any atom is -0.444 e. The van der Waals surface area contributed by atoms with Crippen molar-refractivity contribution >= 4 is 23.3 Å². The molecule has 0 saturated heterocycles. The quantitative estimate of drug-likeness (QED) is 0.908. The predicted octanol–water partition coefficient (Wildman–Crippen LogP) is 3.83. The van der Waals surface area contributed by atoms with Crippen molar-refractivity contribution < 1.29 is 9.53 Å². The lowest BCUT2D eigenvalue weighted by atomic mass is 10.1. The molecule has 1 amide bonds. The van der Waals surface area contributed by atoms with Crippen LogP contribution in [-0.2, 0) is 4.74 Å². The zero-order chi connectivity index (χ0) is 16.9. The minimum atomic E-state index is -0.471. The van der Waals surface area contributed by atoms with Crippen molar-refractivity contribution in [2.45, 2.75) is 52.2 Å². The predicted molar refractivity (Wildman–Crippen MR) is 95.2 cm³/mol. The topological polar surface area (TPSA) is 53.9 Å². The summed E-state index contributed by atoms with van der Waals surface area (Å²) in [5.41, 5.74) is -0.471. The second kappa shape index (κ2) is 7.81. The molecule has 0 aliphatic carbocycles. The van der Waals surface area contributed by atoms with Gasteiger partial charge in [-0.15, -0.1) is 11.3 Å². The van der Waals surface area contributed by atoms with Crippen LogP contribution in [0.25, 0.3) is 0 Å². The van der Waals surface area contributed by atoms with E-state index in [0.717, 1.165) is 18.7 Å². The van der Waals surface area contributed by atoms with E-state index in [1.807, 2.05) is 20.8 Å². The summed E-state index contributed by atoms with van der Waals surface area (Å²) in [6, 6.07) is 4.48. The van der Waals surface area contributed by atoms with Gasteiger partial charge in [-0.1, -0.05) is 19.4 Å². The van der Waals surface area contributed by atoms with Crippen LogP contribution in [0.15, 0.2) is 22.5 Å². The Hall–Kier alpha value is -1.56. The Bertz CT molecular complexity index is 535. The van der Waals surface area contributed by atoms with Crippen LogP contribution >= 0.6 is 11.3 Å². The number of carbonyl (C=O) groups excluding carboxylic acids is 1. The standard InChI is InChI=1S/C17H27N3O2S/c1-5-7-13(14-8-6-11-23-14)19-15-12-20(10-9-18-15)16(21)22-17(2,3)4/h6,8,11,13H,5,7,9-10,12H2,1-4H3,(H,18,19). The number of hydrogen-bond donors (Lipinski definition) is 1. The van der Waals surface area contributed by atoms with E-state index in [9.17, 15) is 4.79 Å². The molecular formula is C17H27N3O2S. The molecular weight excluding hydrogens is 310 g/mol. The number of carbonyl (C=O) groups is 1. The molecule has 5 nitrogen and oxygen atoms in total. The number of rotatable bonds is 4. The van der Waals surface area contributed by atoms with E-state index in [1.165, 1.54) is 4.88 Å². The Labute approximate surface area is 142 Å².